The Morgan fingerprint density at radius 2 is 1.94 bits per heavy atom. The number of nitrogens with one attached hydrogen (secondary N) is 1. The van der Waals surface area contributed by atoms with Crippen LogP contribution in [-0.2, 0) is 27.2 Å². The molecule has 0 unspecified atom stereocenters. The number of hydrogen-bond donors (Lipinski definition) is 1. The van der Waals surface area contributed by atoms with Gasteiger partial charge in [-0.3, -0.25) is 9.59 Å². The minimum atomic E-state index is -0.303. The molecule has 2 aromatic rings. The molecule has 1 amide bonds. The van der Waals surface area contributed by atoms with Crippen LogP contribution < -0.4 is 10.1 Å². The van der Waals surface area contributed by atoms with E-state index in [1.807, 2.05) is 12.1 Å². The molecule has 1 N–H and O–H groups in total. The van der Waals surface area contributed by atoms with Crippen molar-refractivity contribution in [3.8, 4) is 5.75 Å². The number of benzene rings is 1. The molecule has 1 aromatic heterocycles. The van der Waals surface area contributed by atoms with E-state index < -0.39 is 0 Å². The molecular weight excluding hydrogens is 396 g/mol. The largest absolute Gasteiger partial charge is 0.493 e. The number of hydrogen-bond acceptors (Lipinski definition) is 6. The second kappa shape index (κ2) is 11.7. The molecule has 172 valence electrons. The Morgan fingerprint density at radius 1 is 1.16 bits per heavy atom. The van der Waals surface area contributed by atoms with E-state index in [-0.39, 0.29) is 30.3 Å². The Morgan fingerprint density at radius 3 is 2.61 bits per heavy atom. The van der Waals surface area contributed by atoms with Crippen LogP contribution in [0.5, 0.6) is 5.75 Å². The molecule has 7 nitrogen and oxygen atoms in total. The molecule has 7 heteroatoms. The van der Waals surface area contributed by atoms with Crippen molar-refractivity contribution in [2.75, 3.05) is 19.8 Å². The average Bonchev–Trinajstić information content (AvgIpc) is 3.08. The summed E-state index contributed by atoms with van der Waals surface area (Å²) < 4.78 is 16.5. The highest BCUT2D eigenvalue weighted by atomic mass is 16.5. The summed E-state index contributed by atoms with van der Waals surface area (Å²) in [7, 11) is 0. The molecule has 0 bridgehead atoms. The molecule has 0 aliphatic rings. The molecule has 1 heterocycles. The van der Waals surface area contributed by atoms with E-state index in [0.717, 1.165) is 47.2 Å². The summed E-state index contributed by atoms with van der Waals surface area (Å²) in [5.41, 5.74) is 2.94. The van der Waals surface area contributed by atoms with Crippen LogP contribution >= 0.6 is 0 Å². The average molecular weight is 433 g/mol. The lowest BCUT2D eigenvalue weighted by molar-refractivity contribution is -0.143. The summed E-state index contributed by atoms with van der Waals surface area (Å²) in [6, 6.07) is 4.00. The molecule has 2 rings (SSSR count). The maximum absolute atomic E-state index is 11.9. The SMILES string of the molecule is CCCc1c(OCCCC(=O)NCCC(=O)OCC)ccc2c(CC(C)(C)C)noc12. The lowest BCUT2D eigenvalue weighted by Crippen LogP contribution is -2.26. The smallest absolute Gasteiger partial charge is 0.307 e. The van der Waals surface area contributed by atoms with E-state index >= 15 is 0 Å². The maximum atomic E-state index is 11.9. The van der Waals surface area contributed by atoms with Crippen LogP contribution in [0.15, 0.2) is 16.7 Å². The third-order valence-corrected chi connectivity index (χ3v) is 4.74. The number of fused-ring (bicyclic) bond motifs is 1. The van der Waals surface area contributed by atoms with E-state index in [2.05, 4.69) is 38.2 Å². The number of carbonyl (C=O) groups excluding carboxylic acids is 2. The van der Waals surface area contributed by atoms with Gasteiger partial charge in [0.1, 0.15) is 5.75 Å². The van der Waals surface area contributed by atoms with Gasteiger partial charge in [-0.05, 0) is 43.7 Å². The fourth-order valence-electron chi connectivity index (χ4n) is 3.38. The Hall–Kier alpha value is -2.57. The second-order valence-electron chi connectivity index (χ2n) is 8.89. The summed E-state index contributed by atoms with van der Waals surface area (Å²) in [5, 5.41) is 8.10. The van der Waals surface area contributed by atoms with Crippen molar-refractivity contribution >= 4 is 22.8 Å². The molecule has 0 fully saturated rings. The van der Waals surface area contributed by atoms with Crippen molar-refractivity contribution in [1.29, 1.82) is 0 Å². The van der Waals surface area contributed by atoms with Crippen LogP contribution in [0.1, 0.15) is 71.6 Å². The van der Waals surface area contributed by atoms with Crippen LogP contribution in [0.25, 0.3) is 11.0 Å². The van der Waals surface area contributed by atoms with Crippen molar-refractivity contribution < 1.29 is 23.6 Å². The van der Waals surface area contributed by atoms with Gasteiger partial charge in [0.25, 0.3) is 0 Å². The molecule has 0 radical (unpaired) electrons. The van der Waals surface area contributed by atoms with Crippen LogP contribution in [0, 0.1) is 5.41 Å². The highest BCUT2D eigenvalue weighted by Crippen LogP contribution is 2.33. The molecule has 0 atom stereocenters. The zero-order chi connectivity index (χ0) is 22.9. The van der Waals surface area contributed by atoms with Gasteiger partial charge in [0.2, 0.25) is 5.91 Å². The number of rotatable bonds is 12. The van der Waals surface area contributed by atoms with Gasteiger partial charge in [-0.25, -0.2) is 0 Å². The van der Waals surface area contributed by atoms with Gasteiger partial charge < -0.3 is 19.3 Å². The summed E-state index contributed by atoms with van der Waals surface area (Å²) in [4.78, 5) is 23.2. The van der Waals surface area contributed by atoms with Gasteiger partial charge >= 0.3 is 5.97 Å². The van der Waals surface area contributed by atoms with Crippen molar-refractivity contribution in [2.45, 2.75) is 73.1 Å². The number of ether oxygens (including phenoxy) is 2. The predicted octanol–water partition coefficient (Wildman–Crippen LogP) is 4.60. The third-order valence-electron chi connectivity index (χ3n) is 4.74. The first-order valence-electron chi connectivity index (χ1n) is 11.2. The topological polar surface area (TPSA) is 90.7 Å². The lowest BCUT2D eigenvalue weighted by atomic mass is 9.89. The number of aryl methyl sites for hydroxylation is 1. The van der Waals surface area contributed by atoms with Gasteiger partial charge in [-0.15, -0.1) is 0 Å². The summed E-state index contributed by atoms with van der Waals surface area (Å²) in [5.74, 6) is 0.387. The first kappa shape index (κ1) is 24.7. The van der Waals surface area contributed by atoms with Crippen molar-refractivity contribution in [1.82, 2.24) is 10.5 Å². The molecular formula is C24H36N2O5. The van der Waals surface area contributed by atoms with Crippen LogP contribution in [0.2, 0.25) is 0 Å². The zero-order valence-corrected chi connectivity index (χ0v) is 19.5. The quantitative estimate of drug-likeness (QED) is 0.389. The Balaban J connectivity index is 1.90. The molecule has 1 aromatic carbocycles. The monoisotopic (exact) mass is 432 g/mol. The normalized spacial score (nSPS) is 11.5. The van der Waals surface area contributed by atoms with E-state index in [4.69, 9.17) is 14.0 Å². The van der Waals surface area contributed by atoms with Crippen LogP contribution in [0.4, 0.5) is 0 Å². The fraction of sp³-hybridized carbons (Fsp3) is 0.625. The maximum Gasteiger partial charge on any atom is 0.307 e. The Bertz CT molecular complexity index is 867. The number of aromatic nitrogens is 1. The molecule has 31 heavy (non-hydrogen) atoms. The summed E-state index contributed by atoms with van der Waals surface area (Å²) >= 11 is 0. The van der Waals surface area contributed by atoms with Crippen LogP contribution in [-0.4, -0.2) is 36.8 Å². The minimum Gasteiger partial charge on any atom is -0.493 e. The highest BCUT2D eigenvalue weighted by molar-refractivity contribution is 5.84. The first-order chi connectivity index (χ1) is 14.7. The van der Waals surface area contributed by atoms with Gasteiger partial charge in [0.15, 0.2) is 5.58 Å². The number of esters is 1. The van der Waals surface area contributed by atoms with E-state index in [1.165, 1.54) is 0 Å². The minimum absolute atomic E-state index is 0.0980. The third kappa shape index (κ3) is 7.89. The first-order valence-corrected chi connectivity index (χ1v) is 11.2. The molecule has 0 spiro atoms. The summed E-state index contributed by atoms with van der Waals surface area (Å²) in [6.45, 7) is 11.5. The fourth-order valence-corrected chi connectivity index (χ4v) is 3.38. The Labute approximate surface area is 184 Å². The van der Waals surface area contributed by atoms with Gasteiger partial charge in [-0.2, -0.15) is 0 Å². The van der Waals surface area contributed by atoms with Crippen molar-refractivity contribution in [3.05, 3.63) is 23.4 Å². The van der Waals surface area contributed by atoms with Crippen LogP contribution in [0.3, 0.4) is 0 Å². The molecule has 0 aliphatic carbocycles. The number of amides is 1. The number of nitrogens with zero attached hydrogens (tertiary/aromatic N) is 1. The highest BCUT2D eigenvalue weighted by Gasteiger charge is 2.20. The molecule has 0 saturated heterocycles. The van der Waals surface area contributed by atoms with E-state index in [1.54, 1.807) is 6.92 Å². The Kier molecular flexibility index (Phi) is 9.34. The van der Waals surface area contributed by atoms with Crippen molar-refractivity contribution in [3.63, 3.8) is 0 Å². The summed E-state index contributed by atoms with van der Waals surface area (Å²) in [6.07, 6.45) is 3.76. The second-order valence-corrected chi connectivity index (χ2v) is 8.89. The van der Waals surface area contributed by atoms with Gasteiger partial charge in [0.05, 0.1) is 25.3 Å². The molecule has 0 saturated carbocycles. The lowest BCUT2D eigenvalue weighted by Gasteiger charge is -2.16. The van der Waals surface area contributed by atoms with E-state index in [9.17, 15) is 9.59 Å². The predicted molar refractivity (Wildman–Crippen MR) is 120 cm³/mol. The standard InChI is InChI=1S/C24H36N2O5/c1-6-9-18-20(12-11-17-19(16-24(3,4)5)26-31-23(17)18)30-15-8-10-21(27)25-14-13-22(28)29-7-2/h11-12H,6-10,13-16H2,1-5H3,(H,25,27). The van der Waals surface area contributed by atoms with Crippen molar-refractivity contribution in [2.24, 2.45) is 5.41 Å². The number of carbonyl (C=O) groups is 2. The van der Waals surface area contributed by atoms with Gasteiger partial charge in [-0.1, -0.05) is 39.3 Å². The molecule has 0 aliphatic heterocycles. The van der Waals surface area contributed by atoms with E-state index in [0.29, 0.717) is 26.1 Å². The van der Waals surface area contributed by atoms with Gasteiger partial charge in [0, 0.05) is 23.9 Å². The zero-order valence-electron chi connectivity index (χ0n) is 19.5.